The molecule has 1 atom stereocenters. The summed E-state index contributed by atoms with van der Waals surface area (Å²) >= 11 is 1.79. The summed E-state index contributed by atoms with van der Waals surface area (Å²) in [5.74, 6) is 0.155. The van der Waals surface area contributed by atoms with E-state index in [4.69, 9.17) is 5.73 Å². The van der Waals surface area contributed by atoms with Crippen molar-refractivity contribution in [2.45, 2.75) is 13.5 Å². The smallest absolute Gasteiger partial charge is 0.226 e. The van der Waals surface area contributed by atoms with Gasteiger partial charge in [0.25, 0.3) is 0 Å². The summed E-state index contributed by atoms with van der Waals surface area (Å²) in [6, 6.07) is 4.25. The quantitative estimate of drug-likeness (QED) is 0.885. The van der Waals surface area contributed by atoms with E-state index in [-0.39, 0.29) is 11.8 Å². The van der Waals surface area contributed by atoms with Crippen LogP contribution in [0.4, 0.5) is 0 Å². The first-order chi connectivity index (χ1) is 8.70. The number of thiophene rings is 1. The van der Waals surface area contributed by atoms with Crippen LogP contribution in [0.3, 0.4) is 0 Å². The predicted molar refractivity (Wildman–Crippen MR) is 74.4 cm³/mol. The SMILES string of the molecule is CC(CN)C(=O)N1CCN(Cc2cccs2)CC1. The fourth-order valence-electron chi connectivity index (χ4n) is 2.16. The second kappa shape index (κ2) is 6.31. The Labute approximate surface area is 112 Å². The van der Waals surface area contributed by atoms with Crippen LogP contribution < -0.4 is 5.73 Å². The molecule has 0 radical (unpaired) electrons. The molecule has 5 heteroatoms. The van der Waals surface area contributed by atoms with E-state index in [1.807, 2.05) is 11.8 Å². The molecule has 0 spiro atoms. The van der Waals surface area contributed by atoms with Gasteiger partial charge in [0.15, 0.2) is 0 Å². The van der Waals surface area contributed by atoms with Crippen LogP contribution in [0, 0.1) is 5.92 Å². The van der Waals surface area contributed by atoms with E-state index in [2.05, 4.69) is 22.4 Å². The zero-order valence-corrected chi connectivity index (χ0v) is 11.7. The highest BCUT2D eigenvalue weighted by Crippen LogP contribution is 2.14. The van der Waals surface area contributed by atoms with E-state index in [9.17, 15) is 4.79 Å². The fraction of sp³-hybridized carbons (Fsp3) is 0.615. The molecule has 0 aliphatic carbocycles. The second-order valence-corrected chi connectivity index (χ2v) is 5.85. The lowest BCUT2D eigenvalue weighted by molar-refractivity contribution is -0.136. The second-order valence-electron chi connectivity index (χ2n) is 4.82. The van der Waals surface area contributed by atoms with Crippen molar-refractivity contribution in [2.75, 3.05) is 32.7 Å². The van der Waals surface area contributed by atoms with Crippen LogP contribution in [-0.2, 0) is 11.3 Å². The Morgan fingerprint density at radius 1 is 1.44 bits per heavy atom. The molecule has 0 aromatic carbocycles. The van der Waals surface area contributed by atoms with Crippen LogP contribution in [0.2, 0.25) is 0 Å². The topological polar surface area (TPSA) is 49.6 Å². The van der Waals surface area contributed by atoms with Crippen molar-refractivity contribution in [3.05, 3.63) is 22.4 Å². The minimum Gasteiger partial charge on any atom is -0.340 e. The Hall–Kier alpha value is -0.910. The first-order valence-corrected chi connectivity index (χ1v) is 7.32. The average molecular weight is 267 g/mol. The van der Waals surface area contributed by atoms with Crippen molar-refractivity contribution in [1.82, 2.24) is 9.80 Å². The average Bonchev–Trinajstić information content (AvgIpc) is 2.91. The van der Waals surface area contributed by atoms with Gasteiger partial charge >= 0.3 is 0 Å². The maximum Gasteiger partial charge on any atom is 0.226 e. The van der Waals surface area contributed by atoms with Gasteiger partial charge in [-0.3, -0.25) is 9.69 Å². The molecule has 100 valence electrons. The first-order valence-electron chi connectivity index (χ1n) is 6.44. The number of nitrogens with two attached hydrogens (primary N) is 1. The highest BCUT2D eigenvalue weighted by atomic mass is 32.1. The number of piperazine rings is 1. The summed E-state index contributed by atoms with van der Waals surface area (Å²) in [4.78, 5) is 17.7. The molecule has 1 aromatic heterocycles. The Kier molecular flexibility index (Phi) is 4.74. The molecular formula is C13H21N3OS. The minimum absolute atomic E-state index is 0.0474. The van der Waals surface area contributed by atoms with Gasteiger partial charge in [-0.2, -0.15) is 0 Å². The van der Waals surface area contributed by atoms with Gasteiger partial charge in [-0.25, -0.2) is 0 Å². The first kappa shape index (κ1) is 13.5. The van der Waals surface area contributed by atoms with Gasteiger partial charge in [0.1, 0.15) is 0 Å². The van der Waals surface area contributed by atoms with Crippen LogP contribution in [-0.4, -0.2) is 48.4 Å². The summed E-state index contributed by atoms with van der Waals surface area (Å²) in [6.45, 7) is 6.92. The number of hydrogen-bond acceptors (Lipinski definition) is 4. The molecule has 1 aromatic rings. The zero-order valence-electron chi connectivity index (χ0n) is 10.8. The molecule has 2 N–H and O–H groups in total. The van der Waals surface area contributed by atoms with E-state index in [1.165, 1.54) is 4.88 Å². The lowest BCUT2D eigenvalue weighted by atomic mass is 10.1. The lowest BCUT2D eigenvalue weighted by Gasteiger charge is -2.35. The molecular weight excluding hydrogens is 246 g/mol. The van der Waals surface area contributed by atoms with E-state index in [0.717, 1.165) is 32.7 Å². The number of nitrogens with zero attached hydrogens (tertiary/aromatic N) is 2. The number of amides is 1. The molecule has 18 heavy (non-hydrogen) atoms. The third kappa shape index (κ3) is 3.31. The summed E-state index contributed by atoms with van der Waals surface area (Å²) in [6.07, 6.45) is 0. The van der Waals surface area contributed by atoms with Gasteiger partial charge in [0.2, 0.25) is 5.91 Å². The Morgan fingerprint density at radius 3 is 2.72 bits per heavy atom. The molecule has 1 aliphatic heterocycles. The molecule has 1 amide bonds. The monoisotopic (exact) mass is 267 g/mol. The van der Waals surface area contributed by atoms with Gasteiger partial charge in [-0.05, 0) is 11.4 Å². The molecule has 0 saturated carbocycles. The summed E-state index contributed by atoms with van der Waals surface area (Å²) in [5, 5.41) is 2.11. The van der Waals surface area contributed by atoms with Crippen LogP contribution in [0.5, 0.6) is 0 Å². The van der Waals surface area contributed by atoms with Crippen LogP contribution >= 0.6 is 11.3 Å². The van der Waals surface area contributed by atoms with E-state index in [1.54, 1.807) is 11.3 Å². The van der Waals surface area contributed by atoms with Crippen molar-refractivity contribution >= 4 is 17.2 Å². The van der Waals surface area contributed by atoms with Gasteiger partial charge < -0.3 is 10.6 Å². The fourth-order valence-corrected chi connectivity index (χ4v) is 2.91. The normalized spacial score (nSPS) is 18.9. The molecule has 2 rings (SSSR count). The van der Waals surface area contributed by atoms with Gasteiger partial charge in [0, 0.05) is 50.1 Å². The summed E-state index contributed by atoms with van der Waals surface area (Å²) in [7, 11) is 0. The summed E-state index contributed by atoms with van der Waals surface area (Å²) < 4.78 is 0. The maximum atomic E-state index is 12.0. The highest BCUT2D eigenvalue weighted by molar-refractivity contribution is 7.09. The van der Waals surface area contributed by atoms with Crippen molar-refractivity contribution in [3.8, 4) is 0 Å². The number of carbonyl (C=O) groups excluding carboxylic acids is 1. The van der Waals surface area contributed by atoms with E-state index in [0.29, 0.717) is 6.54 Å². The number of rotatable bonds is 4. The van der Waals surface area contributed by atoms with Crippen molar-refractivity contribution < 1.29 is 4.79 Å². The van der Waals surface area contributed by atoms with E-state index < -0.39 is 0 Å². The molecule has 1 aliphatic rings. The molecule has 4 nitrogen and oxygen atoms in total. The van der Waals surface area contributed by atoms with Crippen molar-refractivity contribution in [3.63, 3.8) is 0 Å². The maximum absolute atomic E-state index is 12.0. The predicted octanol–water partition coefficient (Wildman–Crippen LogP) is 0.987. The third-order valence-electron chi connectivity index (χ3n) is 3.42. The molecule has 1 fully saturated rings. The molecule has 1 unspecified atom stereocenters. The van der Waals surface area contributed by atoms with Crippen LogP contribution in [0.25, 0.3) is 0 Å². The van der Waals surface area contributed by atoms with E-state index >= 15 is 0 Å². The summed E-state index contributed by atoms with van der Waals surface area (Å²) in [5.41, 5.74) is 5.54. The molecule has 2 heterocycles. The van der Waals surface area contributed by atoms with Gasteiger partial charge in [-0.1, -0.05) is 13.0 Å². The largest absolute Gasteiger partial charge is 0.340 e. The highest BCUT2D eigenvalue weighted by Gasteiger charge is 2.24. The zero-order chi connectivity index (χ0) is 13.0. The minimum atomic E-state index is -0.0474. The van der Waals surface area contributed by atoms with Crippen molar-refractivity contribution in [1.29, 1.82) is 0 Å². The van der Waals surface area contributed by atoms with Crippen LogP contribution in [0.15, 0.2) is 17.5 Å². The van der Waals surface area contributed by atoms with Crippen molar-refractivity contribution in [2.24, 2.45) is 11.7 Å². The number of hydrogen-bond donors (Lipinski definition) is 1. The lowest BCUT2D eigenvalue weighted by Crippen LogP contribution is -2.50. The Bertz CT molecular complexity index is 372. The molecule has 1 saturated heterocycles. The van der Waals surface area contributed by atoms with Crippen LogP contribution in [0.1, 0.15) is 11.8 Å². The molecule has 0 bridgehead atoms. The number of carbonyl (C=O) groups is 1. The Balaban J connectivity index is 1.79. The standard InChI is InChI=1S/C13H21N3OS/c1-11(9-14)13(17)16-6-4-15(5-7-16)10-12-3-2-8-18-12/h2-3,8,11H,4-7,9-10,14H2,1H3. The Morgan fingerprint density at radius 2 is 2.17 bits per heavy atom. The van der Waals surface area contributed by atoms with Gasteiger partial charge in [-0.15, -0.1) is 11.3 Å². The third-order valence-corrected chi connectivity index (χ3v) is 4.28. The van der Waals surface area contributed by atoms with Gasteiger partial charge in [0.05, 0.1) is 0 Å².